The molecule has 0 fully saturated rings. The Morgan fingerprint density at radius 2 is 2.11 bits per heavy atom. The summed E-state index contributed by atoms with van der Waals surface area (Å²) in [5, 5.41) is 0. The molecule has 0 aliphatic rings. The molecule has 1 amide bonds. The van der Waals surface area contributed by atoms with E-state index < -0.39 is 5.82 Å². The molecule has 0 heterocycles. The lowest BCUT2D eigenvalue weighted by atomic mass is 10.0. The minimum Gasteiger partial charge on any atom is -0.342 e. The highest BCUT2D eigenvalue weighted by Crippen LogP contribution is 2.21. The van der Waals surface area contributed by atoms with Gasteiger partial charge in [-0.3, -0.25) is 4.79 Å². The van der Waals surface area contributed by atoms with Gasteiger partial charge in [0.05, 0.1) is 5.56 Å². The molecule has 0 saturated heterocycles. The number of benzene rings is 1. The van der Waals surface area contributed by atoms with Crippen LogP contribution in [-0.2, 0) is 0 Å². The number of nitrogens with zero attached hydrogens (tertiary/aromatic N) is 1. The molecule has 19 heavy (non-hydrogen) atoms. The van der Waals surface area contributed by atoms with Crippen molar-refractivity contribution in [1.82, 2.24) is 4.90 Å². The third-order valence-electron chi connectivity index (χ3n) is 3.18. The molecule has 3 nitrogen and oxygen atoms in total. The van der Waals surface area contributed by atoms with Gasteiger partial charge in [-0.2, -0.15) is 0 Å². The van der Waals surface area contributed by atoms with E-state index in [4.69, 9.17) is 5.73 Å². The standard InChI is InChI=1S/C14H20BrFN2O/c1-9(2)12(17)7-8-18(3)14(19)13-10(15)5-4-6-11(13)16/h4-6,9,12H,7-8,17H2,1-3H3. The molecule has 1 rings (SSSR count). The van der Waals surface area contributed by atoms with Crippen LogP contribution >= 0.6 is 15.9 Å². The summed E-state index contributed by atoms with van der Waals surface area (Å²) in [4.78, 5) is 13.7. The van der Waals surface area contributed by atoms with Crippen LogP contribution in [0.5, 0.6) is 0 Å². The van der Waals surface area contributed by atoms with Crippen molar-refractivity contribution in [1.29, 1.82) is 0 Å². The Bertz CT molecular complexity index is 431. The third-order valence-corrected chi connectivity index (χ3v) is 3.84. The van der Waals surface area contributed by atoms with Crippen LogP contribution in [0.15, 0.2) is 22.7 Å². The molecule has 1 unspecified atom stereocenters. The Morgan fingerprint density at radius 1 is 1.47 bits per heavy atom. The quantitative estimate of drug-likeness (QED) is 0.901. The van der Waals surface area contributed by atoms with Crippen LogP contribution in [-0.4, -0.2) is 30.4 Å². The predicted octanol–water partition coefficient (Wildman–Crippen LogP) is 3.03. The van der Waals surface area contributed by atoms with Crippen LogP contribution < -0.4 is 5.73 Å². The molecular formula is C14H20BrFN2O. The van der Waals surface area contributed by atoms with Gasteiger partial charge >= 0.3 is 0 Å². The first-order chi connectivity index (χ1) is 8.84. The van der Waals surface area contributed by atoms with Gasteiger partial charge in [-0.15, -0.1) is 0 Å². The van der Waals surface area contributed by atoms with Gasteiger partial charge in [0.1, 0.15) is 5.82 Å². The molecule has 1 atom stereocenters. The number of halogens is 2. The Balaban J connectivity index is 2.72. The topological polar surface area (TPSA) is 46.3 Å². The fourth-order valence-electron chi connectivity index (χ4n) is 1.67. The van der Waals surface area contributed by atoms with E-state index >= 15 is 0 Å². The van der Waals surface area contributed by atoms with E-state index in [1.54, 1.807) is 19.2 Å². The van der Waals surface area contributed by atoms with Crippen molar-refractivity contribution < 1.29 is 9.18 Å². The molecule has 5 heteroatoms. The Labute approximate surface area is 122 Å². The average Bonchev–Trinajstić information content (AvgIpc) is 2.34. The zero-order valence-electron chi connectivity index (χ0n) is 11.5. The fourth-order valence-corrected chi connectivity index (χ4v) is 2.18. The van der Waals surface area contributed by atoms with Gasteiger partial charge in [0.15, 0.2) is 0 Å². The zero-order chi connectivity index (χ0) is 14.6. The highest BCUT2D eigenvalue weighted by atomic mass is 79.9. The highest BCUT2D eigenvalue weighted by molar-refractivity contribution is 9.10. The SMILES string of the molecule is CC(C)C(N)CCN(C)C(=O)c1c(F)cccc1Br. The second-order valence-corrected chi connectivity index (χ2v) is 5.87. The zero-order valence-corrected chi connectivity index (χ0v) is 13.1. The van der Waals surface area contributed by atoms with Gasteiger partial charge in [-0.25, -0.2) is 4.39 Å². The average molecular weight is 331 g/mol. The summed E-state index contributed by atoms with van der Waals surface area (Å²) in [6.07, 6.45) is 0.700. The predicted molar refractivity (Wildman–Crippen MR) is 78.5 cm³/mol. The van der Waals surface area contributed by atoms with E-state index in [2.05, 4.69) is 15.9 Å². The van der Waals surface area contributed by atoms with E-state index in [1.807, 2.05) is 13.8 Å². The Kier molecular flexibility index (Phi) is 5.94. The molecule has 106 valence electrons. The van der Waals surface area contributed by atoms with Crippen molar-refractivity contribution in [2.24, 2.45) is 11.7 Å². The maximum Gasteiger partial charge on any atom is 0.257 e. The van der Waals surface area contributed by atoms with Crippen molar-refractivity contribution in [2.75, 3.05) is 13.6 Å². The fraction of sp³-hybridized carbons (Fsp3) is 0.500. The van der Waals surface area contributed by atoms with E-state index in [1.165, 1.54) is 11.0 Å². The molecule has 0 saturated carbocycles. The first-order valence-electron chi connectivity index (χ1n) is 6.29. The Hall–Kier alpha value is -0.940. The molecule has 0 spiro atoms. The molecule has 0 bridgehead atoms. The normalized spacial score (nSPS) is 12.6. The van der Waals surface area contributed by atoms with E-state index in [0.29, 0.717) is 23.4 Å². The number of hydrogen-bond acceptors (Lipinski definition) is 2. The summed E-state index contributed by atoms with van der Waals surface area (Å²) in [6, 6.07) is 4.54. The number of hydrogen-bond donors (Lipinski definition) is 1. The van der Waals surface area contributed by atoms with E-state index in [-0.39, 0.29) is 17.5 Å². The molecule has 1 aromatic rings. The molecule has 0 radical (unpaired) electrons. The molecular weight excluding hydrogens is 311 g/mol. The highest BCUT2D eigenvalue weighted by Gasteiger charge is 2.20. The van der Waals surface area contributed by atoms with Gasteiger partial charge in [-0.1, -0.05) is 19.9 Å². The van der Waals surface area contributed by atoms with Crippen molar-refractivity contribution in [3.8, 4) is 0 Å². The lowest BCUT2D eigenvalue weighted by molar-refractivity contribution is 0.0783. The van der Waals surface area contributed by atoms with Gasteiger partial charge in [0.25, 0.3) is 5.91 Å². The van der Waals surface area contributed by atoms with Crippen molar-refractivity contribution in [3.05, 3.63) is 34.1 Å². The maximum atomic E-state index is 13.7. The number of carbonyl (C=O) groups is 1. The van der Waals surface area contributed by atoms with E-state index in [9.17, 15) is 9.18 Å². The minimum absolute atomic E-state index is 0.0410. The summed E-state index contributed by atoms with van der Waals surface area (Å²) in [5.74, 6) is -0.482. The monoisotopic (exact) mass is 330 g/mol. The first-order valence-corrected chi connectivity index (χ1v) is 7.09. The van der Waals surface area contributed by atoms with Crippen molar-refractivity contribution in [3.63, 3.8) is 0 Å². The van der Waals surface area contributed by atoms with Gasteiger partial charge in [-0.05, 0) is 40.4 Å². The summed E-state index contributed by atoms with van der Waals surface area (Å²) in [7, 11) is 1.66. The molecule has 0 aliphatic heterocycles. The second kappa shape index (κ2) is 7.01. The minimum atomic E-state index is -0.514. The number of nitrogens with two attached hydrogens (primary N) is 1. The third kappa shape index (κ3) is 4.28. The van der Waals surface area contributed by atoms with Crippen LogP contribution in [0.3, 0.4) is 0 Å². The second-order valence-electron chi connectivity index (χ2n) is 5.02. The number of rotatable bonds is 5. The molecule has 0 aromatic heterocycles. The van der Waals surface area contributed by atoms with E-state index in [0.717, 1.165) is 0 Å². The van der Waals surface area contributed by atoms with Crippen LogP contribution in [0, 0.1) is 11.7 Å². The first kappa shape index (κ1) is 16.1. The van der Waals surface area contributed by atoms with Crippen LogP contribution in [0.1, 0.15) is 30.6 Å². The van der Waals surface area contributed by atoms with Gasteiger partial charge < -0.3 is 10.6 Å². The van der Waals surface area contributed by atoms with Gasteiger partial charge in [0.2, 0.25) is 0 Å². The Morgan fingerprint density at radius 3 is 2.63 bits per heavy atom. The van der Waals surface area contributed by atoms with Gasteiger partial charge in [0, 0.05) is 24.1 Å². The molecule has 0 aliphatic carbocycles. The molecule has 1 aromatic carbocycles. The number of carbonyl (C=O) groups excluding carboxylic acids is 1. The summed E-state index contributed by atoms with van der Waals surface area (Å²) < 4.78 is 14.2. The van der Waals surface area contributed by atoms with Crippen LogP contribution in [0.4, 0.5) is 4.39 Å². The lowest BCUT2D eigenvalue weighted by Gasteiger charge is -2.22. The summed E-state index contributed by atoms with van der Waals surface area (Å²) in [5.41, 5.74) is 6.01. The van der Waals surface area contributed by atoms with Crippen LogP contribution in [0.2, 0.25) is 0 Å². The van der Waals surface area contributed by atoms with Crippen LogP contribution in [0.25, 0.3) is 0 Å². The summed E-state index contributed by atoms with van der Waals surface area (Å²) in [6.45, 7) is 4.60. The van der Waals surface area contributed by atoms with Crippen molar-refractivity contribution in [2.45, 2.75) is 26.3 Å². The molecule has 2 N–H and O–H groups in total. The number of amides is 1. The maximum absolute atomic E-state index is 13.7. The summed E-state index contributed by atoms with van der Waals surface area (Å²) >= 11 is 3.21. The van der Waals surface area contributed by atoms with Crippen molar-refractivity contribution >= 4 is 21.8 Å². The largest absolute Gasteiger partial charge is 0.342 e. The lowest BCUT2D eigenvalue weighted by Crippen LogP contribution is -2.35. The smallest absolute Gasteiger partial charge is 0.257 e.